The molecule has 2 aliphatic heterocycles. The molecule has 2 saturated heterocycles. The molecule has 2 fully saturated rings. The number of benzene rings is 2. The summed E-state index contributed by atoms with van der Waals surface area (Å²) in [6, 6.07) is 4.75. The van der Waals surface area contributed by atoms with Gasteiger partial charge < -0.3 is 15.1 Å². The summed E-state index contributed by atoms with van der Waals surface area (Å²) in [5.74, 6) is -2.83. The summed E-state index contributed by atoms with van der Waals surface area (Å²) in [7, 11) is -8.34. The quantitative estimate of drug-likeness (QED) is 0.335. The van der Waals surface area contributed by atoms with Crippen LogP contribution >= 0.6 is 0 Å². The van der Waals surface area contributed by atoms with E-state index >= 15 is 0 Å². The predicted octanol–water partition coefficient (Wildman–Crippen LogP) is 3.56. The van der Waals surface area contributed by atoms with Crippen molar-refractivity contribution in [2.75, 3.05) is 31.2 Å². The van der Waals surface area contributed by atoms with Crippen LogP contribution in [-0.2, 0) is 34.9 Å². The fraction of sp³-hybridized carbons (Fsp3) is 0.519. The first-order valence-electron chi connectivity index (χ1n) is 13.3. The Kier molecular flexibility index (Phi) is 8.91. The minimum Gasteiger partial charge on any atom is -0.394 e. The van der Waals surface area contributed by atoms with Crippen LogP contribution in [0.4, 0.5) is 35.1 Å². The lowest BCUT2D eigenvalue weighted by molar-refractivity contribution is -0.348. The molecule has 0 bridgehead atoms. The van der Waals surface area contributed by atoms with E-state index in [9.17, 15) is 67.0 Å². The number of amides is 1. The van der Waals surface area contributed by atoms with Crippen LogP contribution in [-0.4, -0.2) is 87.5 Å². The normalized spacial score (nSPS) is 23.1. The van der Waals surface area contributed by atoms with Crippen LogP contribution in [0.25, 0.3) is 0 Å². The van der Waals surface area contributed by atoms with Crippen LogP contribution in [0, 0.1) is 11.2 Å². The average Bonchev–Trinajstić information content (AvgIpc) is 3.43. The Morgan fingerprint density at radius 1 is 0.889 bits per heavy atom. The van der Waals surface area contributed by atoms with E-state index in [4.69, 9.17) is 0 Å². The molecule has 2 atom stereocenters. The second kappa shape index (κ2) is 11.5. The van der Waals surface area contributed by atoms with Crippen molar-refractivity contribution < 1.29 is 67.0 Å². The first-order valence-corrected chi connectivity index (χ1v) is 16.6. The van der Waals surface area contributed by atoms with Gasteiger partial charge in [-0.1, -0.05) is 24.3 Å². The van der Waals surface area contributed by atoms with Gasteiger partial charge in [0.05, 0.1) is 34.5 Å². The maximum absolute atomic E-state index is 14.7. The van der Waals surface area contributed by atoms with Crippen LogP contribution < -0.4 is 0 Å². The lowest BCUT2D eigenvalue weighted by Crippen LogP contribution is -2.55. The fourth-order valence-corrected chi connectivity index (χ4v) is 9.61. The van der Waals surface area contributed by atoms with Gasteiger partial charge in [0.15, 0.2) is 9.84 Å². The molecule has 0 aromatic heterocycles. The molecule has 250 valence electrons. The fourth-order valence-electron chi connectivity index (χ4n) is 5.98. The third-order valence-electron chi connectivity index (χ3n) is 8.70. The highest BCUT2D eigenvalue weighted by Gasteiger charge is 2.73. The zero-order valence-electron chi connectivity index (χ0n) is 23.1. The molecule has 1 amide bonds. The van der Waals surface area contributed by atoms with Crippen LogP contribution in [0.1, 0.15) is 30.4 Å². The number of carbonyl (C=O) groups excluding carboxylic acids is 1. The van der Waals surface area contributed by atoms with Crippen LogP contribution in [0.15, 0.2) is 53.4 Å². The zero-order valence-corrected chi connectivity index (χ0v) is 24.7. The number of halogens is 8. The van der Waals surface area contributed by atoms with Gasteiger partial charge in [-0.05, 0) is 49.1 Å². The first-order chi connectivity index (χ1) is 20.6. The first kappa shape index (κ1) is 35.0. The van der Waals surface area contributed by atoms with Crippen molar-refractivity contribution in [3.63, 3.8) is 0 Å². The van der Waals surface area contributed by atoms with E-state index in [-0.39, 0.29) is 12.1 Å². The van der Waals surface area contributed by atoms with Gasteiger partial charge in [0.1, 0.15) is 20.4 Å². The number of rotatable bonds is 7. The number of aliphatic hydroxyl groups is 2. The predicted molar refractivity (Wildman–Crippen MR) is 141 cm³/mol. The topological polar surface area (TPSA) is 129 Å². The minimum absolute atomic E-state index is 0.145. The van der Waals surface area contributed by atoms with Gasteiger partial charge >= 0.3 is 18.0 Å². The molecule has 2 aromatic carbocycles. The maximum atomic E-state index is 14.7. The monoisotopic (exact) mass is 693 g/mol. The van der Waals surface area contributed by atoms with E-state index in [1.807, 2.05) is 0 Å². The molecule has 18 heteroatoms. The Hall–Kier alpha value is -2.83. The highest BCUT2D eigenvalue weighted by molar-refractivity contribution is 7.92. The Labute approximate surface area is 252 Å². The van der Waals surface area contributed by atoms with Gasteiger partial charge in [-0.2, -0.15) is 26.3 Å². The summed E-state index contributed by atoms with van der Waals surface area (Å²) >= 11 is 0. The van der Waals surface area contributed by atoms with Crippen LogP contribution in [0.3, 0.4) is 0 Å². The van der Waals surface area contributed by atoms with E-state index in [0.29, 0.717) is 12.1 Å². The molecule has 0 spiro atoms. The third kappa shape index (κ3) is 5.71. The summed E-state index contributed by atoms with van der Waals surface area (Å²) in [5, 5.41) is 20.3. The Bertz CT molecular complexity index is 1620. The Morgan fingerprint density at radius 2 is 1.40 bits per heavy atom. The van der Waals surface area contributed by atoms with Gasteiger partial charge in [0, 0.05) is 18.7 Å². The van der Waals surface area contributed by atoms with Crippen molar-refractivity contribution in [1.82, 2.24) is 4.90 Å². The number of aliphatic hydroxyl groups excluding tert-OH is 2. The van der Waals surface area contributed by atoms with Gasteiger partial charge in [-0.25, -0.2) is 25.6 Å². The summed E-state index contributed by atoms with van der Waals surface area (Å²) < 4.78 is 159. The van der Waals surface area contributed by atoms with E-state index in [0.717, 1.165) is 29.2 Å². The molecule has 2 N–H and O–H groups in total. The zero-order chi connectivity index (χ0) is 33.9. The highest BCUT2D eigenvalue weighted by Crippen LogP contribution is 2.54. The number of hydrogen-bond donors (Lipinski definition) is 2. The summed E-state index contributed by atoms with van der Waals surface area (Å²) in [4.78, 5) is 14.3. The van der Waals surface area contributed by atoms with Crippen molar-refractivity contribution in [3.05, 3.63) is 65.5 Å². The molecule has 2 unspecified atom stereocenters. The van der Waals surface area contributed by atoms with Crippen molar-refractivity contribution in [1.29, 1.82) is 0 Å². The molecule has 4 rings (SSSR count). The molecule has 0 aliphatic carbocycles. The Morgan fingerprint density at radius 3 is 1.87 bits per heavy atom. The largest absolute Gasteiger partial charge is 0.435 e. The van der Waals surface area contributed by atoms with E-state index in [1.165, 1.54) is 0 Å². The third-order valence-corrected chi connectivity index (χ3v) is 12.8. The van der Waals surface area contributed by atoms with Crippen molar-refractivity contribution >= 4 is 25.6 Å². The maximum Gasteiger partial charge on any atom is 0.435 e. The van der Waals surface area contributed by atoms with Crippen LogP contribution in [0.5, 0.6) is 0 Å². The number of hydrogen-bond acceptors (Lipinski definition) is 7. The van der Waals surface area contributed by atoms with Gasteiger partial charge in [0.25, 0.3) is 0 Å². The molecule has 45 heavy (non-hydrogen) atoms. The molecule has 2 aromatic rings. The molecular weight excluding hydrogens is 666 g/mol. The van der Waals surface area contributed by atoms with E-state index in [1.54, 1.807) is 0 Å². The summed E-state index contributed by atoms with van der Waals surface area (Å²) in [6.07, 6.45) is -16.0. The minimum atomic E-state index is -6.43. The summed E-state index contributed by atoms with van der Waals surface area (Å²) in [5.41, 5.74) is -9.94. The van der Waals surface area contributed by atoms with Crippen molar-refractivity contribution in [2.45, 2.75) is 53.0 Å². The van der Waals surface area contributed by atoms with Gasteiger partial charge in [-0.15, -0.1) is 0 Å². The van der Waals surface area contributed by atoms with Gasteiger partial charge in [-0.3, -0.25) is 4.79 Å². The summed E-state index contributed by atoms with van der Waals surface area (Å²) in [6.45, 7) is -2.13. The standard InChI is InChI=1S/C27H27F8NO7S2/c28-19-5-7-20(8-6-19)45(42,43)24(17-1-3-18(4-2-17)25(29,26(30,31)32)27(33,34)35)9-12-36(16-24)22(39)23(21(38)15-37)10-13-44(40,41)14-11-23/h1-8,21,37-38H,9-16H2. The molecular formula is C27H27F8NO7S2. The van der Waals surface area contributed by atoms with Crippen LogP contribution in [0.2, 0.25) is 0 Å². The number of likely N-dealkylation sites (tertiary alicyclic amines) is 1. The molecule has 0 saturated carbocycles. The average molecular weight is 694 g/mol. The number of sulfone groups is 2. The molecule has 2 aliphatic rings. The van der Waals surface area contributed by atoms with Crippen molar-refractivity contribution in [3.8, 4) is 0 Å². The number of carbonyl (C=O) groups is 1. The van der Waals surface area contributed by atoms with E-state index < -0.39 is 132 Å². The second-order valence-corrected chi connectivity index (χ2v) is 15.7. The lowest BCUT2D eigenvalue weighted by Gasteiger charge is -2.41. The van der Waals surface area contributed by atoms with Gasteiger partial charge in [0.2, 0.25) is 5.91 Å². The number of alkyl halides is 7. The van der Waals surface area contributed by atoms with Crippen molar-refractivity contribution in [2.24, 2.45) is 5.41 Å². The SMILES string of the molecule is O=C(N1CCC(c2ccc(C(F)(C(F)(F)F)C(F)(F)F)cc2)(S(=O)(=O)c2ccc(F)cc2)C1)C1(C(O)CO)CCS(=O)(=O)CC1. The molecule has 0 radical (unpaired) electrons. The Balaban J connectivity index is 1.84. The number of nitrogens with zero attached hydrogens (tertiary/aromatic N) is 1. The molecule has 2 heterocycles. The highest BCUT2D eigenvalue weighted by atomic mass is 32.2. The molecule has 8 nitrogen and oxygen atoms in total. The lowest BCUT2D eigenvalue weighted by atomic mass is 9.75. The smallest absolute Gasteiger partial charge is 0.394 e. The van der Waals surface area contributed by atoms with E-state index in [2.05, 4.69) is 0 Å². The second-order valence-electron chi connectivity index (χ2n) is 11.2.